The van der Waals surface area contributed by atoms with Crippen LogP contribution in [-0.4, -0.2) is 34.7 Å². The Morgan fingerprint density at radius 2 is 2.04 bits per heavy atom. The standard InChI is InChI=1S/C17H22N2O4/c1-5-10(2)15(17(21)22)18-16(20)14-9-11-8-12(23-4)6-7-13(11)19(14)3/h6-10,15H,5H2,1-4H3,(H,18,20)(H,21,22)/t10?,15-/m0/s1. The van der Waals surface area contributed by atoms with Gasteiger partial charge in [-0.1, -0.05) is 20.3 Å². The monoisotopic (exact) mass is 318 g/mol. The van der Waals surface area contributed by atoms with E-state index in [9.17, 15) is 14.7 Å². The molecule has 1 aromatic carbocycles. The summed E-state index contributed by atoms with van der Waals surface area (Å²) in [4.78, 5) is 23.9. The van der Waals surface area contributed by atoms with Gasteiger partial charge >= 0.3 is 5.97 Å². The van der Waals surface area contributed by atoms with Gasteiger partial charge in [-0.15, -0.1) is 0 Å². The van der Waals surface area contributed by atoms with E-state index in [1.165, 1.54) is 0 Å². The van der Waals surface area contributed by atoms with E-state index in [0.717, 1.165) is 10.9 Å². The Morgan fingerprint density at radius 3 is 2.61 bits per heavy atom. The van der Waals surface area contributed by atoms with Crippen molar-refractivity contribution in [1.82, 2.24) is 9.88 Å². The number of methoxy groups -OCH3 is 1. The van der Waals surface area contributed by atoms with Gasteiger partial charge in [0.05, 0.1) is 7.11 Å². The quantitative estimate of drug-likeness (QED) is 0.857. The number of carboxylic acids is 1. The van der Waals surface area contributed by atoms with Gasteiger partial charge in [0.25, 0.3) is 5.91 Å². The molecule has 1 aromatic heterocycles. The largest absolute Gasteiger partial charge is 0.497 e. The van der Waals surface area contributed by atoms with E-state index in [1.807, 2.05) is 32.0 Å². The first kappa shape index (κ1) is 16.9. The highest BCUT2D eigenvalue weighted by Gasteiger charge is 2.26. The van der Waals surface area contributed by atoms with Crippen molar-refractivity contribution in [2.24, 2.45) is 13.0 Å². The molecule has 2 aromatic rings. The number of carbonyl (C=O) groups is 2. The van der Waals surface area contributed by atoms with Crippen molar-refractivity contribution in [3.05, 3.63) is 30.0 Å². The third-order valence-electron chi connectivity index (χ3n) is 4.25. The van der Waals surface area contributed by atoms with Gasteiger partial charge in [0.2, 0.25) is 0 Å². The molecule has 0 saturated carbocycles. The fourth-order valence-corrected chi connectivity index (χ4v) is 2.57. The number of fused-ring (bicyclic) bond motifs is 1. The Labute approximate surface area is 135 Å². The summed E-state index contributed by atoms with van der Waals surface area (Å²) in [5.41, 5.74) is 1.30. The highest BCUT2D eigenvalue weighted by Crippen LogP contribution is 2.24. The zero-order valence-corrected chi connectivity index (χ0v) is 13.8. The van der Waals surface area contributed by atoms with Crippen LogP contribution in [0.2, 0.25) is 0 Å². The van der Waals surface area contributed by atoms with Crippen LogP contribution in [0.4, 0.5) is 0 Å². The summed E-state index contributed by atoms with van der Waals surface area (Å²) in [6.45, 7) is 3.71. The topological polar surface area (TPSA) is 80.6 Å². The molecule has 1 heterocycles. The fourth-order valence-electron chi connectivity index (χ4n) is 2.57. The third-order valence-corrected chi connectivity index (χ3v) is 4.25. The highest BCUT2D eigenvalue weighted by atomic mass is 16.5. The lowest BCUT2D eigenvalue weighted by atomic mass is 9.99. The van der Waals surface area contributed by atoms with E-state index in [0.29, 0.717) is 17.9 Å². The average molecular weight is 318 g/mol. The minimum atomic E-state index is -1.02. The number of aryl methyl sites for hydroxylation is 1. The third kappa shape index (κ3) is 3.31. The first-order valence-electron chi connectivity index (χ1n) is 7.56. The number of rotatable bonds is 6. The SMILES string of the molecule is CCC(C)[C@H](NC(=O)c1cc2cc(OC)ccc2n1C)C(=O)O. The summed E-state index contributed by atoms with van der Waals surface area (Å²) >= 11 is 0. The highest BCUT2D eigenvalue weighted by molar-refractivity contribution is 6.00. The normalized spacial score (nSPS) is 13.6. The second-order valence-electron chi connectivity index (χ2n) is 5.69. The number of hydrogen-bond donors (Lipinski definition) is 2. The van der Waals surface area contributed by atoms with Gasteiger partial charge in [-0.05, 0) is 30.2 Å². The Bertz CT molecular complexity index is 736. The minimum absolute atomic E-state index is 0.147. The number of aliphatic carboxylic acids is 1. The molecule has 0 bridgehead atoms. The molecule has 2 atom stereocenters. The molecular formula is C17H22N2O4. The summed E-state index contributed by atoms with van der Waals surface area (Å²) in [5, 5.41) is 12.8. The van der Waals surface area contributed by atoms with Gasteiger partial charge in [0.15, 0.2) is 0 Å². The van der Waals surface area contributed by atoms with Crippen LogP contribution >= 0.6 is 0 Å². The Balaban J connectivity index is 2.33. The lowest BCUT2D eigenvalue weighted by molar-refractivity contribution is -0.140. The van der Waals surface area contributed by atoms with Crippen molar-refractivity contribution < 1.29 is 19.4 Å². The van der Waals surface area contributed by atoms with Crippen LogP contribution in [0, 0.1) is 5.92 Å². The predicted octanol–water partition coefficient (Wildman–Crippen LogP) is 2.42. The van der Waals surface area contributed by atoms with Crippen molar-refractivity contribution in [3.8, 4) is 5.75 Å². The smallest absolute Gasteiger partial charge is 0.326 e. The zero-order chi connectivity index (χ0) is 17.1. The van der Waals surface area contributed by atoms with Gasteiger partial charge in [-0.3, -0.25) is 4.79 Å². The number of carbonyl (C=O) groups excluding carboxylic acids is 1. The van der Waals surface area contributed by atoms with Crippen LogP contribution < -0.4 is 10.1 Å². The van der Waals surface area contributed by atoms with Crippen LogP contribution in [0.5, 0.6) is 5.75 Å². The van der Waals surface area contributed by atoms with Crippen LogP contribution in [-0.2, 0) is 11.8 Å². The summed E-state index contributed by atoms with van der Waals surface area (Å²) in [6.07, 6.45) is 0.670. The Morgan fingerprint density at radius 1 is 1.35 bits per heavy atom. The number of carboxylic acid groups (broad SMARTS) is 1. The second kappa shape index (κ2) is 6.73. The maximum Gasteiger partial charge on any atom is 0.326 e. The van der Waals surface area contributed by atoms with E-state index in [-0.39, 0.29) is 5.92 Å². The first-order valence-corrected chi connectivity index (χ1v) is 7.56. The van der Waals surface area contributed by atoms with E-state index in [4.69, 9.17) is 4.74 Å². The molecule has 0 fully saturated rings. The molecule has 2 N–H and O–H groups in total. The summed E-state index contributed by atoms with van der Waals surface area (Å²) < 4.78 is 6.94. The summed E-state index contributed by atoms with van der Waals surface area (Å²) in [7, 11) is 3.37. The molecule has 6 heteroatoms. The number of hydrogen-bond acceptors (Lipinski definition) is 3. The number of nitrogens with zero attached hydrogens (tertiary/aromatic N) is 1. The number of amides is 1. The molecule has 6 nitrogen and oxygen atoms in total. The van der Waals surface area contributed by atoms with Crippen molar-refractivity contribution >= 4 is 22.8 Å². The molecule has 0 aliphatic rings. The zero-order valence-electron chi connectivity index (χ0n) is 13.8. The van der Waals surface area contributed by atoms with Crippen LogP contribution in [0.25, 0.3) is 10.9 Å². The molecule has 2 rings (SSSR count). The molecule has 124 valence electrons. The molecule has 23 heavy (non-hydrogen) atoms. The Hall–Kier alpha value is -2.50. The maximum absolute atomic E-state index is 12.5. The number of ether oxygens (including phenoxy) is 1. The van der Waals surface area contributed by atoms with Gasteiger partial charge in [-0.25, -0.2) is 4.79 Å². The van der Waals surface area contributed by atoms with E-state index in [1.54, 1.807) is 24.8 Å². The van der Waals surface area contributed by atoms with Crippen molar-refractivity contribution in [1.29, 1.82) is 0 Å². The van der Waals surface area contributed by atoms with E-state index in [2.05, 4.69) is 5.32 Å². The van der Waals surface area contributed by atoms with Crippen molar-refractivity contribution in [2.75, 3.05) is 7.11 Å². The first-order chi connectivity index (χ1) is 10.9. The van der Waals surface area contributed by atoms with Crippen LogP contribution in [0.3, 0.4) is 0 Å². The molecule has 0 radical (unpaired) electrons. The van der Waals surface area contributed by atoms with Gasteiger partial charge in [-0.2, -0.15) is 0 Å². The van der Waals surface area contributed by atoms with Crippen molar-refractivity contribution in [2.45, 2.75) is 26.3 Å². The van der Waals surface area contributed by atoms with Gasteiger partial charge in [0.1, 0.15) is 17.5 Å². The number of nitrogens with one attached hydrogen (secondary N) is 1. The molecule has 0 saturated heterocycles. The average Bonchev–Trinajstić information content (AvgIpc) is 2.87. The van der Waals surface area contributed by atoms with E-state index < -0.39 is 17.9 Å². The lowest BCUT2D eigenvalue weighted by Crippen LogP contribution is -2.45. The second-order valence-corrected chi connectivity index (χ2v) is 5.69. The fraction of sp³-hybridized carbons (Fsp3) is 0.412. The van der Waals surface area contributed by atoms with Gasteiger partial charge < -0.3 is 19.7 Å². The lowest BCUT2D eigenvalue weighted by Gasteiger charge is -2.20. The maximum atomic E-state index is 12.5. The van der Waals surface area contributed by atoms with Crippen LogP contribution in [0.15, 0.2) is 24.3 Å². The summed E-state index contributed by atoms with van der Waals surface area (Å²) in [6, 6.07) is 6.37. The van der Waals surface area contributed by atoms with Crippen molar-refractivity contribution in [3.63, 3.8) is 0 Å². The molecular weight excluding hydrogens is 296 g/mol. The molecule has 0 aliphatic carbocycles. The predicted molar refractivity (Wildman–Crippen MR) is 87.8 cm³/mol. The number of benzene rings is 1. The van der Waals surface area contributed by atoms with Crippen LogP contribution in [0.1, 0.15) is 30.8 Å². The Kier molecular flexibility index (Phi) is 4.93. The summed E-state index contributed by atoms with van der Waals surface area (Å²) in [5.74, 6) is -0.854. The molecule has 0 spiro atoms. The molecule has 0 aliphatic heterocycles. The number of aromatic nitrogens is 1. The molecule has 1 unspecified atom stereocenters. The van der Waals surface area contributed by atoms with E-state index >= 15 is 0 Å². The molecule has 1 amide bonds. The van der Waals surface area contributed by atoms with Gasteiger partial charge in [0, 0.05) is 18.0 Å². The minimum Gasteiger partial charge on any atom is -0.497 e.